The van der Waals surface area contributed by atoms with Crippen LogP contribution in [-0.2, 0) is 4.74 Å². The number of carboxylic acids is 1. The normalized spacial score (nSPS) is 15.9. The monoisotopic (exact) mass is 335 g/mol. The van der Waals surface area contributed by atoms with Crippen molar-refractivity contribution >= 4 is 12.1 Å². The van der Waals surface area contributed by atoms with E-state index in [0.717, 1.165) is 12.8 Å². The first-order chi connectivity index (χ1) is 11.2. The van der Waals surface area contributed by atoms with Crippen molar-refractivity contribution < 1.29 is 24.2 Å². The molecular weight excluding hydrogens is 310 g/mol. The summed E-state index contributed by atoms with van der Waals surface area (Å²) in [6.07, 6.45) is 1.48. The predicted octanol–water partition coefficient (Wildman–Crippen LogP) is 3.41. The standard InChI is InChI=1S/C18H25NO5/c1-18(2,3)24-17(22)19-10-8-13(9-11-19)12-23-15-6-4-14(5-7-15)16(20)21/h4-7,13H,8-12H2,1-3H3,(H,20,21). The quantitative estimate of drug-likeness (QED) is 0.912. The highest BCUT2D eigenvalue weighted by molar-refractivity contribution is 5.87. The Morgan fingerprint density at radius 3 is 2.25 bits per heavy atom. The van der Waals surface area contributed by atoms with Crippen LogP contribution in [0.15, 0.2) is 24.3 Å². The second-order valence-corrected chi connectivity index (χ2v) is 7.05. The van der Waals surface area contributed by atoms with Crippen LogP contribution in [0.5, 0.6) is 5.75 Å². The molecule has 1 fully saturated rings. The zero-order valence-corrected chi connectivity index (χ0v) is 14.4. The molecule has 132 valence electrons. The molecule has 6 nitrogen and oxygen atoms in total. The van der Waals surface area contributed by atoms with E-state index >= 15 is 0 Å². The van der Waals surface area contributed by atoms with Crippen molar-refractivity contribution in [2.24, 2.45) is 5.92 Å². The van der Waals surface area contributed by atoms with Crippen LogP contribution in [0.4, 0.5) is 4.79 Å². The van der Waals surface area contributed by atoms with E-state index in [4.69, 9.17) is 14.6 Å². The highest BCUT2D eigenvalue weighted by Crippen LogP contribution is 2.21. The third-order valence-electron chi connectivity index (χ3n) is 3.85. The van der Waals surface area contributed by atoms with E-state index in [0.29, 0.717) is 31.4 Å². The third kappa shape index (κ3) is 5.44. The number of hydrogen-bond donors (Lipinski definition) is 1. The Bertz CT molecular complexity index is 568. The first kappa shape index (κ1) is 18.1. The Hall–Kier alpha value is -2.24. The van der Waals surface area contributed by atoms with Gasteiger partial charge in [-0.05, 0) is 63.8 Å². The summed E-state index contributed by atoms with van der Waals surface area (Å²) < 4.78 is 11.1. The highest BCUT2D eigenvalue weighted by atomic mass is 16.6. The Kier molecular flexibility index (Phi) is 5.70. The van der Waals surface area contributed by atoms with Crippen LogP contribution in [0.2, 0.25) is 0 Å². The number of rotatable bonds is 4. The van der Waals surface area contributed by atoms with Gasteiger partial charge in [-0.1, -0.05) is 0 Å². The van der Waals surface area contributed by atoms with Gasteiger partial charge in [-0.25, -0.2) is 9.59 Å². The van der Waals surface area contributed by atoms with Gasteiger partial charge in [0.2, 0.25) is 0 Å². The van der Waals surface area contributed by atoms with Crippen molar-refractivity contribution in [3.63, 3.8) is 0 Å². The molecule has 0 bridgehead atoms. The van der Waals surface area contributed by atoms with Crippen molar-refractivity contribution in [2.45, 2.75) is 39.2 Å². The number of aromatic carboxylic acids is 1. The molecule has 0 saturated carbocycles. The first-order valence-corrected chi connectivity index (χ1v) is 8.19. The lowest BCUT2D eigenvalue weighted by Gasteiger charge is -2.33. The van der Waals surface area contributed by atoms with E-state index in [2.05, 4.69) is 0 Å². The molecule has 1 aliphatic rings. The molecule has 24 heavy (non-hydrogen) atoms. The topological polar surface area (TPSA) is 76.1 Å². The summed E-state index contributed by atoms with van der Waals surface area (Å²) in [5, 5.41) is 8.87. The fourth-order valence-electron chi connectivity index (χ4n) is 2.52. The second-order valence-electron chi connectivity index (χ2n) is 7.05. The third-order valence-corrected chi connectivity index (χ3v) is 3.85. The summed E-state index contributed by atoms with van der Waals surface area (Å²) in [4.78, 5) is 24.6. The molecule has 1 amide bonds. The molecule has 1 heterocycles. The van der Waals surface area contributed by atoms with Crippen LogP contribution < -0.4 is 4.74 Å². The molecule has 1 aliphatic heterocycles. The number of carboxylic acid groups (broad SMARTS) is 1. The van der Waals surface area contributed by atoms with Crippen LogP contribution in [0.3, 0.4) is 0 Å². The molecule has 2 rings (SSSR count). The van der Waals surface area contributed by atoms with Crippen LogP contribution >= 0.6 is 0 Å². The van der Waals surface area contributed by atoms with Gasteiger partial charge in [0.15, 0.2) is 0 Å². The molecular formula is C18H25NO5. The summed E-state index contributed by atoms with van der Waals surface area (Å²) in [7, 11) is 0. The number of likely N-dealkylation sites (tertiary alicyclic amines) is 1. The molecule has 6 heteroatoms. The Balaban J connectivity index is 1.75. The number of nitrogens with zero attached hydrogens (tertiary/aromatic N) is 1. The fraction of sp³-hybridized carbons (Fsp3) is 0.556. The Labute approximate surface area is 142 Å². The minimum Gasteiger partial charge on any atom is -0.493 e. The zero-order chi connectivity index (χ0) is 17.7. The van der Waals surface area contributed by atoms with E-state index in [9.17, 15) is 9.59 Å². The molecule has 0 aromatic heterocycles. The van der Waals surface area contributed by atoms with Gasteiger partial charge in [-0.2, -0.15) is 0 Å². The first-order valence-electron chi connectivity index (χ1n) is 8.19. The summed E-state index contributed by atoms with van der Waals surface area (Å²) in [6.45, 7) is 7.49. The molecule has 0 aliphatic carbocycles. The maximum absolute atomic E-state index is 12.0. The minimum atomic E-state index is -0.948. The lowest BCUT2D eigenvalue weighted by Crippen LogP contribution is -2.42. The Morgan fingerprint density at radius 1 is 1.17 bits per heavy atom. The molecule has 1 N–H and O–H groups in total. The molecule has 0 atom stereocenters. The molecule has 0 spiro atoms. The lowest BCUT2D eigenvalue weighted by atomic mass is 9.98. The Morgan fingerprint density at radius 2 is 1.75 bits per heavy atom. The molecule has 1 aromatic rings. The van der Waals surface area contributed by atoms with Crippen LogP contribution in [-0.4, -0.2) is 47.4 Å². The molecule has 1 saturated heterocycles. The number of ether oxygens (including phenoxy) is 2. The molecule has 0 radical (unpaired) electrons. The van der Waals surface area contributed by atoms with Crippen LogP contribution in [0.25, 0.3) is 0 Å². The van der Waals surface area contributed by atoms with E-state index in [-0.39, 0.29) is 11.7 Å². The van der Waals surface area contributed by atoms with Crippen molar-refractivity contribution in [2.75, 3.05) is 19.7 Å². The van der Waals surface area contributed by atoms with Gasteiger partial charge in [-0.15, -0.1) is 0 Å². The van der Waals surface area contributed by atoms with E-state index in [1.807, 2.05) is 20.8 Å². The predicted molar refractivity (Wildman–Crippen MR) is 89.4 cm³/mol. The van der Waals surface area contributed by atoms with Crippen molar-refractivity contribution in [1.29, 1.82) is 0 Å². The number of carbonyl (C=O) groups excluding carboxylic acids is 1. The van der Waals surface area contributed by atoms with Crippen LogP contribution in [0, 0.1) is 5.92 Å². The van der Waals surface area contributed by atoms with Gasteiger partial charge in [-0.3, -0.25) is 0 Å². The number of hydrogen-bond acceptors (Lipinski definition) is 4. The van der Waals surface area contributed by atoms with Crippen molar-refractivity contribution in [3.8, 4) is 5.75 Å². The number of carbonyl (C=O) groups is 2. The average Bonchev–Trinajstić information content (AvgIpc) is 2.52. The smallest absolute Gasteiger partial charge is 0.410 e. The number of amides is 1. The van der Waals surface area contributed by atoms with Gasteiger partial charge in [0.05, 0.1) is 12.2 Å². The summed E-state index contributed by atoms with van der Waals surface area (Å²) in [6, 6.07) is 6.39. The van der Waals surface area contributed by atoms with Gasteiger partial charge in [0, 0.05) is 13.1 Å². The van der Waals surface area contributed by atoms with E-state index in [1.165, 1.54) is 12.1 Å². The minimum absolute atomic E-state index is 0.244. The SMILES string of the molecule is CC(C)(C)OC(=O)N1CCC(COc2ccc(C(=O)O)cc2)CC1. The van der Waals surface area contributed by atoms with Gasteiger partial charge < -0.3 is 19.5 Å². The van der Waals surface area contributed by atoms with E-state index < -0.39 is 11.6 Å². The lowest BCUT2D eigenvalue weighted by molar-refractivity contribution is 0.0164. The van der Waals surface area contributed by atoms with E-state index in [1.54, 1.807) is 17.0 Å². The second kappa shape index (κ2) is 7.55. The maximum Gasteiger partial charge on any atom is 0.410 e. The highest BCUT2D eigenvalue weighted by Gasteiger charge is 2.27. The largest absolute Gasteiger partial charge is 0.493 e. The zero-order valence-electron chi connectivity index (χ0n) is 14.4. The number of benzene rings is 1. The van der Waals surface area contributed by atoms with Crippen LogP contribution in [0.1, 0.15) is 44.0 Å². The fourth-order valence-corrected chi connectivity index (χ4v) is 2.52. The average molecular weight is 335 g/mol. The molecule has 1 aromatic carbocycles. The maximum atomic E-state index is 12.0. The van der Waals surface area contributed by atoms with Gasteiger partial charge in [0.1, 0.15) is 11.4 Å². The number of piperidine rings is 1. The summed E-state index contributed by atoms with van der Waals surface area (Å²) >= 11 is 0. The van der Waals surface area contributed by atoms with Crippen molar-refractivity contribution in [1.82, 2.24) is 4.90 Å². The van der Waals surface area contributed by atoms with Gasteiger partial charge >= 0.3 is 12.1 Å². The molecule has 0 unspecified atom stereocenters. The van der Waals surface area contributed by atoms with Gasteiger partial charge in [0.25, 0.3) is 0 Å². The summed E-state index contributed by atoms with van der Waals surface area (Å²) in [5.74, 6) is 0.0912. The summed E-state index contributed by atoms with van der Waals surface area (Å²) in [5.41, 5.74) is -0.230. The van der Waals surface area contributed by atoms with Crippen molar-refractivity contribution in [3.05, 3.63) is 29.8 Å².